The van der Waals surface area contributed by atoms with E-state index >= 15 is 0 Å². The van der Waals surface area contributed by atoms with E-state index < -0.39 is 18.1 Å². The summed E-state index contributed by atoms with van der Waals surface area (Å²) in [5.74, 6) is 0.589. The largest absolute Gasteiger partial charge is 0.456 e. The maximum absolute atomic E-state index is 8.67. The summed E-state index contributed by atoms with van der Waals surface area (Å²) in [6, 6.07) is 42.2. The Morgan fingerprint density at radius 3 is 1.53 bits per heavy atom. The molecule has 0 aliphatic rings. The van der Waals surface area contributed by atoms with Gasteiger partial charge in [-0.15, -0.1) is 0 Å². The lowest BCUT2D eigenvalue weighted by molar-refractivity contribution is 0.669. The van der Waals surface area contributed by atoms with Gasteiger partial charge in [-0.2, -0.15) is 0 Å². The Bertz CT molecular complexity index is 2810. The highest BCUT2D eigenvalue weighted by molar-refractivity contribution is 6.10. The van der Waals surface area contributed by atoms with Crippen LogP contribution in [0.15, 0.2) is 168 Å². The molecule has 0 aliphatic carbocycles. The van der Waals surface area contributed by atoms with E-state index in [1.165, 1.54) is 0 Å². The first-order chi connectivity index (χ1) is 25.3. The monoisotopic (exact) mass is 606 g/mol. The van der Waals surface area contributed by atoms with Crippen molar-refractivity contribution in [3.63, 3.8) is 0 Å². The number of furan rings is 1. The van der Waals surface area contributed by atoms with Gasteiger partial charge in [0.05, 0.1) is 6.85 Å². The molecule has 47 heavy (non-hydrogen) atoms. The first kappa shape index (κ1) is 22.2. The summed E-state index contributed by atoms with van der Waals surface area (Å²) in [6.45, 7) is 0. The van der Waals surface area contributed by atoms with Crippen molar-refractivity contribution < 1.29 is 11.3 Å². The van der Waals surface area contributed by atoms with Crippen molar-refractivity contribution in [2.24, 2.45) is 0 Å². The fourth-order valence-corrected chi connectivity index (χ4v) is 6.01. The van der Waals surface area contributed by atoms with E-state index in [1.54, 1.807) is 0 Å². The van der Waals surface area contributed by atoms with E-state index in [9.17, 15) is 0 Å². The van der Waals surface area contributed by atoms with Gasteiger partial charge in [-0.05, 0) is 63.4 Å². The van der Waals surface area contributed by atoms with Crippen LogP contribution in [0.5, 0.6) is 0 Å². The van der Waals surface area contributed by atoms with Crippen LogP contribution in [0.4, 0.5) is 0 Å². The number of hydrogen-bond donors (Lipinski definition) is 0. The van der Waals surface area contributed by atoms with Crippen molar-refractivity contribution >= 4 is 32.7 Å². The van der Waals surface area contributed by atoms with E-state index in [0.717, 1.165) is 49.4 Å². The average molecular weight is 607 g/mol. The SMILES string of the molecule is [2H]c1c([2H])c([2H])c(-c2nc(-c3ccc(-c4ccc(-c5ccccc5)cc4)cc3)nc(-c3ccc4oc5cc6ccccc6cc5c4c3)n2)c([2H])c1[2H]. The van der Waals surface area contributed by atoms with Gasteiger partial charge in [-0.1, -0.05) is 133 Å². The molecular formula is C43H27N3O. The molecule has 0 amide bonds. The molecule has 9 rings (SSSR count). The molecule has 0 radical (unpaired) electrons. The van der Waals surface area contributed by atoms with E-state index in [2.05, 4.69) is 48.5 Å². The van der Waals surface area contributed by atoms with Crippen molar-refractivity contribution in [1.29, 1.82) is 0 Å². The van der Waals surface area contributed by atoms with Crippen molar-refractivity contribution in [1.82, 2.24) is 15.0 Å². The third kappa shape index (κ3) is 5.02. The lowest BCUT2D eigenvalue weighted by Gasteiger charge is -2.09. The van der Waals surface area contributed by atoms with Gasteiger partial charge in [0.1, 0.15) is 11.2 Å². The normalized spacial score (nSPS) is 12.9. The molecule has 4 nitrogen and oxygen atoms in total. The van der Waals surface area contributed by atoms with Crippen LogP contribution in [0.2, 0.25) is 0 Å². The minimum absolute atomic E-state index is 0.0132. The fourth-order valence-electron chi connectivity index (χ4n) is 6.01. The van der Waals surface area contributed by atoms with Gasteiger partial charge in [0.25, 0.3) is 0 Å². The Morgan fingerprint density at radius 2 is 0.872 bits per heavy atom. The van der Waals surface area contributed by atoms with Crippen molar-refractivity contribution in [2.75, 3.05) is 0 Å². The number of hydrogen-bond acceptors (Lipinski definition) is 4. The summed E-state index contributed by atoms with van der Waals surface area (Å²) in [5.41, 5.74) is 7.07. The molecule has 0 bridgehead atoms. The molecule has 220 valence electrons. The van der Waals surface area contributed by atoms with Crippen LogP contribution < -0.4 is 0 Å². The van der Waals surface area contributed by atoms with Crippen LogP contribution in [0.3, 0.4) is 0 Å². The van der Waals surface area contributed by atoms with Gasteiger partial charge in [-0.3, -0.25) is 0 Å². The van der Waals surface area contributed by atoms with Crippen LogP contribution in [-0.4, -0.2) is 15.0 Å². The highest BCUT2D eigenvalue weighted by atomic mass is 16.3. The summed E-state index contributed by atoms with van der Waals surface area (Å²) >= 11 is 0. The zero-order valence-electron chi connectivity index (χ0n) is 30.0. The lowest BCUT2D eigenvalue weighted by Crippen LogP contribution is -2.00. The molecule has 0 unspecified atom stereocenters. The summed E-state index contributed by atoms with van der Waals surface area (Å²) in [4.78, 5) is 14.3. The van der Waals surface area contributed by atoms with Gasteiger partial charge in [0, 0.05) is 27.5 Å². The quantitative estimate of drug-likeness (QED) is 0.196. The molecular weight excluding hydrogens is 574 g/mol. The number of fused-ring (bicyclic) bond motifs is 4. The second-order valence-electron chi connectivity index (χ2n) is 11.3. The van der Waals surface area contributed by atoms with Gasteiger partial charge in [0.2, 0.25) is 0 Å². The maximum atomic E-state index is 8.67. The van der Waals surface area contributed by atoms with Crippen LogP contribution in [0.1, 0.15) is 6.85 Å². The Labute approximate surface area is 278 Å². The Hall–Kier alpha value is -6.39. The van der Waals surface area contributed by atoms with Crippen LogP contribution >= 0.6 is 0 Å². The van der Waals surface area contributed by atoms with E-state index in [4.69, 9.17) is 26.2 Å². The lowest BCUT2D eigenvalue weighted by atomic mass is 9.99. The molecule has 0 atom stereocenters. The second kappa shape index (κ2) is 11.2. The van der Waals surface area contributed by atoms with E-state index in [1.807, 2.05) is 84.9 Å². The highest BCUT2D eigenvalue weighted by Crippen LogP contribution is 2.35. The molecule has 0 spiro atoms. The molecule has 2 aromatic heterocycles. The summed E-state index contributed by atoms with van der Waals surface area (Å²) in [5, 5.41) is 4.00. The molecule has 0 aliphatic heterocycles. The minimum Gasteiger partial charge on any atom is -0.456 e. The maximum Gasteiger partial charge on any atom is 0.164 e. The molecule has 7 aromatic carbocycles. The molecule has 0 saturated carbocycles. The first-order valence-electron chi connectivity index (χ1n) is 17.8. The number of nitrogens with zero attached hydrogens (tertiary/aromatic N) is 3. The van der Waals surface area contributed by atoms with Crippen molar-refractivity contribution in [2.45, 2.75) is 0 Å². The molecule has 2 heterocycles. The first-order valence-corrected chi connectivity index (χ1v) is 15.3. The van der Waals surface area contributed by atoms with Gasteiger partial charge >= 0.3 is 0 Å². The molecule has 0 N–H and O–H groups in total. The summed E-state index contributed by atoms with van der Waals surface area (Å²) in [6.07, 6.45) is 0. The Kier molecular flexibility index (Phi) is 5.28. The molecule has 0 saturated heterocycles. The number of aromatic nitrogens is 3. The topological polar surface area (TPSA) is 51.8 Å². The zero-order chi connectivity index (χ0) is 35.5. The number of rotatable bonds is 5. The standard InChI is InChI=1S/C43H27N3O/c1-3-9-28(10-4-1)29-15-17-30(18-16-29)31-19-21-33(22-20-31)42-44-41(32-11-5-2-6-12-32)45-43(46-42)36-23-24-39-37(26-36)38-25-34-13-7-8-14-35(34)27-40(38)47-39/h1-27H/i2D,5D,6D,11D,12D. The predicted molar refractivity (Wildman–Crippen MR) is 192 cm³/mol. The van der Waals surface area contributed by atoms with Crippen molar-refractivity contribution in [3.05, 3.63) is 164 Å². The predicted octanol–water partition coefficient (Wildman–Crippen LogP) is 11.3. The van der Waals surface area contributed by atoms with Crippen LogP contribution in [0, 0.1) is 0 Å². The minimum atomic E-state index is -0.481. The zero-order valence-corrected chi connectivity index (χ0v) is 25.0. The van der Waals surface area contributed by atoms with Crippen LogP contribution in [0.25, 0.3) is 89.1 Å². The summed E-state index contributed by atoms with van der Waals surface area (Å²) in [7, 11) is 0. The summed E-state index contributed by atoms with van der Waals surface area (Å²) < 4.78 is 48.3. The van der Waals surface area contributed by atoms with Gasteiger partial charge < -0.3 is 4.42 Å². The highest BCUT2D eigenvalue weighted by Gasteiger charge is 2.15. The van der Waals surface area contributed by atoms with Gasteiger partial charge in [0.15, 0.2) is 17.5 Å². The average Bonchev–Trinajstić information content (AvgIpc) is 3.55. The van der Waals surface area contributed by atoms with Crippen molar-refractivity contribution in [3.8, 4) is 56.4 Å². The van der Waals surface area contributed by atoms with E-state index in [0.29, 0.717) is 28.4 Å². The van der Waals surface area contributed by atoms with Crippen LogP contribution in [-0.2, 0) is 0 Å². The third-order valence-electron chi connectivity index (χ3n) is 8.42. The Morgan fingerprint density at radius 1 is 0.383 bits per heavy atom. The molecule has 4 heteroatoms. The molecule has 9 aromatic rings. The van der Waals surface area contributed by atoms with Gasteiger partial charge in [-0.25, -0.2) is 15.0 Å². The third-order valence-corrected chi connectivity index (χ3v) is 8.42. The smallest absolute Gasteiger partial charge is 0.164 e. The Balaban J connectivity index is 1.17. The molecule has 0 fully saturated rings. The second-order valence-corrected chi connectivity index (χ2v) is 11.3. The van der Waals surface area contributed by atoms with E-state index in [-0.39, 0.29) is 23.5 Å². The fraction of sp³-hybridized carbons (Fsp3) is 0. The number of benzene rings is 7.